The number of rotatable bonds is 8. The summed E-state index contributed by atoms with van der Waals surface area (Å²) in [6.45, 7) is 0. The molecule has 0 aliphatic rings. The molecule has 304 valence electrons. The zero-order valence-corrected chi connectivity index (χ0v) is 35.1. The number of para-hydroxylation sites is 1. The smallest absolute Gasteiger partial charge is 0.167 e. The maximum atomic E-state index is 6.71. The Labute approximate surface area is 376 Å². The molecule has 0 unspecified atom stereocenters. The third-order valence-electron chi connectivity index (χ3n) is 12.2. The lowest BCUT2D eigenvalue weighted by Crippen LogP contribution is -2.00. The summed E-state index contributed by atoms with van der Waals surface area (Å²) in [6, 6.07) is 76.6. The van der Waals surface area contributed by atoms with Crippen molar-refractivity contribution < 1.29 is 4.42 Å². The van der Waals surface area contributed by atoms with Crippen LogP contribution in [0.4, 0.5) is 0 Å². The Morgan fingerprint density at radius 3 is 1.52 bits per heavy atom. The van der Waals surface area contributed by atoms with Crippen LogP contribution in [0.3, 0.4) is 0 Å². The van der Waals surface area contributed by atoms with E-state index in [1.54, 1.807) is 0 Å². The van der Waals surface area contributed by atoms with E-state index in [1.807, 2.05) is 30.6 Å². The van der Waals surface area contributed by atoms with E-state index >= 15 is 0 Å². The molecule has 5 nitrogen and oxygen atoms in total. The predicted molar refractivity (Wildman–Crippen MR) is 266 cm³/mol. The highest BCUT2D eigenvalue weighted by molar-refractivity contribution is 6.13. The average Bonchev–Trinajstić information content (AvgIpc) is 3.76. The van der Waals surface area contributed by atoms with Crippen molar-refractivity contribution in [1.82, 2.24) is 19.9 Å². The molecule has 5 heteroatoms. The SMILES string of the molecule is c1ccc(-c2cc(-c3cccc(-c4nc(-c5ccc(-c6ccncc6)cc5)nc(-c5cccc6c5oc5cc7ccccc7cc56)n4)c3)cc(-c3ccccc3-c3ccccc3)c2)cc1. The van der Waals surface area contributed by atoms with E-state index in [-0.39, 0.29) is 0 Å². The van der Waals surface area contributed by atoms with Crippen LogP contribution in [0.15, 0.2) is 235 Å². The van der Waals surface area contributed by atoms with Gasteiger partial charge in [0.15, 0.2) is 17.5 Å². The number of hydrogen-bond acceptors (Lipinski definition) is 5. The molecule has 12 aromatic rings. The molecule has 0 aliphatic heterocycles. The van der Waals surface area contributed by atoms with Crippen LogP contribution in [0.2, 0.25) is 0 Å². The molecule has 9 aromatic carbocycles. The number of pyridine rings is 1. The van der Waals surface area contributed by atoms with Gasteiger partial charge in [-0.15, -0.1) is 0 Å². The van der Waals surface area contributed by atoms with Crippen LogP contribution in [0.5, 0.6) is 0 Å². The van der Waals surface area contributed by atoms with E-state index in [2.05, 4.69) is 205 Å². The molecule has 0 fully saturated rings. The van der Waals surface area contributed by atoms with Crippen LogP contribution in [-0.2, 0) is 0 Å². The number of furan rings is 1. The number of aromatic nitrogens is 4. The monoisotopic (exact) mass is 830 g/mol. The molecule has 0 bridgehead atoms. The van der Waals surface area contributed by atoms with E-state index in [1.165, 1.54) is 16.7 Å². The maximum Gasteiger partial charge on any atom is 0.167 e. The number of hydrogen-bond donors (Lipinski definition) is 0. The summed E-state index contributed by atoms with van der Waals surface area (Å²) in [4.78, 5) is 19.9. The summed E-state index contributed by atoms with van der Waals surface area (Å²) >= 11 is 0. The third-order valence-corrected chi connectivity index (χ3v) is 12.2. The fourth-order valence-electron chi connectivity index (χ4n) is 8.96. The van der Waals surface area contributed by atoms with Gasteiger partial charge in [0.2, 0.25) is 0 Å². The quantitative estimate of drug-likeness (QED) is 0.153. The second kappa shape index (κ2) is 16.2. The molecule has 65 heavy (non-hydrogen) atoms. The molecule has 0 saturated carbocycles. The zero-order chi connectivity index (χ0) is 43.1. The Kier molecular flexibility index (Phi) is 9.42. The second-order valence-electron chi connectivity index (χ2n) is 16.3. The van der Waals surface area contributed by atoms with Crippen molar-refractivity contribution >= 4 is 32.7 Å². The van der Waals surface area contributed by atoms with Crippen molar-refractivity contribution in [2.75, 3.05) is 0 Å². The fraction of sp³-hybridized carbons (Fsp3) is 0. The number of fused-ring (bicyclic) bond motifs is 4. The van der Waals surface area contributed by atoms with Gasteiger partial charge >= 0.3 is 0 Å². The molecule has 0 spiro atoms. The lowest BCUT2D eigenvalue weighted by atomic mass is 9.89. The minimum absolute atomic E-state index is 0.536. The topological polar surface area (TPSA) is 64.7 Å². The minimum atomic E-state index is 0.536. The molecule has 3 aromatic heterocycles. The number of benzene rings is 9. The normalized spacial score (nSPS) is 11.4. The lowest BCUT2D eigenvalue weighted by molar-refractivity contribution is 0.670. The fourth-order valence-corrected chi connectivity index (χ4v) is 8.96. The molecule has 0 aliphatic carbocycles. The van der Waals surface area contributed by atoms with Gasteiger partial charge in [-0.25, -0.2) is 15.0 Å². The van der Waals surface area contributed by atoms with E-state index in [0.29, 0.717) is 17.5 Å². The predicted octanol–water partition coefficient (Wildman–Crippen LogP) is 15.7. The van der Waals surface area contributed by atoms with Crippen LogP contribution in [0.1, 0.15) is 0 Å². The first kappa shape index (κ1) is 37.9. The molecular formula is C60H38N4O. The van der Waals surface area contributed by atoms with Gasteiger partial charge in [0, 0.05) is 34.3 Å². The summed E-state index contributed by atoms with van der Waals surface area (Å²) in [5.41, 5.74) is 15.4. The van der Waals surface area contributed by atoms with Crippen molar-refractivity contribution in [2.45, 2.75) is 0 Å². The van der Waals surface area contributed by atoms with Gasteiger partial charge in [-0.1, -0.05) is 164 Å². The first-order chi connectivity index (χ1) is 32.2. The second-order valence-corrected chi connectivity index (χ2v) is 16.3. The van der Waals surface area contributed by atoms with Crippen molar-refractivity contribution in [1.29, 1.82) is 0 Å². The lowest BCUT2D eigenvalue weighted by Gasteiger charge is -2.15. The first-order valence-electron chi connectivity index (χ1n) is 21.8. The Balaban J connectivity index is 1.02. The van der Waals surface area contributed by atoms with E-state index < -0.39 is 0 Å². The van der Waals surface area contributed by atoms with Crippen molar-refractivity contribution in [2.24, 2.45) is 0 Å². The Morgan fingerprint density at radius 1 is 0.277 bits per heavy atom. The highest BCUT2D eigenvalue weighted by atomic mass is 16.3. The Bertz CT molecular complexity index is 3700. The van der Waals surface area contributed by atoms with Gasteiger partial charge in [0.25, 0.3) is 0 Å². The molecular weight excluding hydrogens is 793 g/mol. The van der Waals surface area contributed by atoms with E-state index in [9.17, 15) is 0 Å². The molecule has 0 radical (unpaired) electrons. The van der Waals surface area contributed by atoms with Gasteiger partial charge in [-0.2, -0.15) is 0 Å². The molecule has 0 saturated heterocycles. The highest BCUT2D eigenvalue weighted by Crippen LogP contribution is 2.40. The summed E-state index contributed by atoms with van der Waals surface area (Å²) in [7, 11) is 0. The summed E-state index contributed by atoms with van der Waals surface area (Å²) in [6.07, 6.45) is 3.62. The Morgan fingerprint density at radius 2 is 0.769 bits per heavy atom. The standard InChI is InChI=1S/C60H38N4O/c1-3-13-39(14-4-1)48-34-49(36-50(35-48)52-22-10-9-21-51(52)42-15-5-2-6-16-42)44-19-11-20-47(33-44)59-62-58(43-27-25-40(26-28-43)41-29-31-61-32-30-41)63-60(64-59)54-24-12-23-53-55-37-45-17-7-8-18-46(45)38-56(55)65-57(53)54/h1-38H. The molecule has 0 atom stereocenters. The average molecular weight is 831 g/mol. The van der Waals surface area contributed by atoms with E-state index in [4.69, 9.17) is 19.4 Å². The minimum Gasteiger partial charge on any atom is -0.455 e. The van der Waals surface area contributed by atoms with Crippen LogP contribution in [0, 0.1) is 0 Å². The van der Waals surface area contributed by atoms with Crippen LogP contribution in [0.25, 0.3) is 123 Å². The van der Waals surface area contributed by atoms with Gasteiger partial charge in [-0.3, -0.25) is 4.98 Å². The molecule has 0 N–H and O–H groups in total. The molecule has 0 amide bonds. The number of nitrogens with zero attached hydrogens (tertiary/aromatic N) is 4. The summed E-state index contributed by atoms with van der Waals surface area (Å²) < 4.78 is 6.71. The highest BCUT2D eigenvalue weighted by Gasteiger charge is 2.19. The van der Waals surface area contributed by atoms with Gasteiger partial charge in [0.05, 0.1) is 5.56 Å². The van der Waals surface area contributed by atoms with Crippen molar-refractivity contribution in [3.8, 4) is 89.8 Å². The van der Waals surface area contributed by atoms with Gasteiger partial charge in [0.1, 0.15) is 11.2 Å². The zero-order valence-electron chi connectivity index (χ0n) is 35.1. The summed E-state index contributed by atoms with van der Waals surface area (Å²) in [5, 5.41) is 4.35. The van der Waals surface area contributed by atoms with Crippen LogP contribution >= 0.6 is 0 Å². The first-order valence-corrected chi connectivity index (χ1v) is 21.8. The molecule has 3 heterocycles. The largest absolute Gasteiger partial charge is 0.455 e. The van der Waals surface area contributed by atoms with E-state index in [0.717, 1.165) is 88.3 Å². The van der Waals surface area contributed by atoms with Gasteiger partial charge < -0.3 is 4.42 Å². The van der Waals surface area contributed by atoms with Crippen LogP contribution in [-0.4, -0.2) is 19.9 Å². The molecule has 12 rings (SSSR count). The third kappa shape index (κ3) is 7.21. The van der Waals surface area contributed by atoms with Gasteiger partial charge in [-0.05, 0) is 121 Å². The van der Waals surface area contributed by atoms with Crippen molar-refractivity contribution in [3.63, 3.8) is 0 Å². The Hall–Kier alpha value is -8.80. The maximum absolute atomic E-state index is 6.71. The van der Waals surface area contributed by atoms with Crippen molar-refractivity contribution in [3.05, 3.63) is 231 Å². The summed E-state index contributed by atoms with van der Waals surface area (Å²) in [5.74, 6) is 1.67. The van der Waals surface area contributed by atoms with Crippen LogP contribution < -0.4 is 0 Å².